The third kappa shape index (κ3) is 3.65. The fourth-order valence-corrected chi connectivity index (χ4v) is 5.54. The Balaban J connectivity index is 1.93. The Hall–Kier alpha value is -0.840. The van der Waals surface area contributed by atoms with E-state index in [9.17, 15) is 8.42 Å². The average Bonchev–Trinajstić information content (AvgIpc) is 2.56. The van der Waals surface area contributed by atoms with Gasteiger partial charge in [0.15, 0.2) is 0 Å². The van der Waals surface area contributed by atoms with Crippen LogP contribution in [-0.4, -0.2) is 25.3 Å². The monoisotopic (exact) mass is 353 g/mol. The zero-order valence-electron chi connectivity index (χ0n) is 13.5. The molecule has 1 fully saturated rings. The van der Waals surface area contributed by atoms with E-state index in [0.29, 0.717) is 23.8 Å². The summed E-state index contributed by atoms with van der Waals surface area (Å²) in [4.78, 5) is 0.385. The fourth-order valence-electron chi connectivity index (χ4n) is 3.69. The van der Waals surface area contributed by atoms with Gasteiger partial charge in [-0.15, -0.1) is 0 Å². The molecule has 0 amide bonds. The van der Waals surface area contributed by atoms with Gasteiger partial charge in [0.25, 0.3) is 0 Å². The van der Waals surface area contributed by atoms with Crippen molar-refractivity contribution in [2.45, 2.75) is 56.4 Å². The molecule has 23 heavy (non-hydrogen) atoms. The van der Waals surface area contributed by atoms with Gasteiger partial charge in [0, 0.05) is 17.6 Å². The summed E-state index contributed by atoms with van der Waals surface area (Å²) in [7, 11) is -3.47. The van der Waals surface area contributed by atoms with Gasteiger partial charge in [0.1, 0.15) is 0 Å². The molecule has 1 heterocycles. The molecule has 126 valence electrons. The Kier molecular flexibility index (Phi) is 5.14. The van der Waals surface area contributed by atoms with Crippen LogP contribution in [0.5, 0.6) is 0 Å². The van der Waals surface area contributed by atoms with Gasteiger partial charge in [0.05, 0.1) is 4.90 Å². The highest BCUT2D eigenvalue weighted by molar-refractivity contribution is 7.89. The molecule has 5 heteroatoms. The molecule has 1 aliphatic carbocycles. The Morgan fingerprint density at radius 1 is 1.09 bits per heavy atom. The predicted molar refractivity (Wildman–Crippen MR) is 94.0 cm³/mol. The standard InChI is InChI=1S/C18H24ClNO2S/c1-14-7-9-17(10-8-14)23(21,22)20-12-11-16(19)13-18(20)15-5-3-2-4-6-15/h7-10,13,15,18H,2-6,11-12H2,1H3/t18-/m0/s1. The summed E-state index contributed by atoms with van der Waals surface area (Å²) in [6.07, 6.45) is 8.39. The first kappa shape index (κ1) is 17.0. The second kappa shape index (κ2) is 6.96. The van der Waals surface area contributed by atoms with Crippen molar-refractivity contribution in [2.75, 3.05) is 6.54 Å². The largest absolute Gasteiger partial charge is 0.243 e. The van der Waals surface area contributed by atoms with Crippen LogP contribution in [0.2, 0.25) is 0 Å². The number of aryl methyl sites for hydroxylation is 1. The molecule has 0 aromatic heterocycles. The van der Waals surface area contributed by atoms with Gasteiger partial charge < -0.3 is 0 Å². The van der Waals surface area contributed by atoms with Crippen molar-refractivity contribution in [1.29, 1.82) is 0 Å². The van der Waals surface area contributed by atoms with Gasteiger partial charge in [-0.1, -0.05) is 54.6 Å². The first-order valence-corrected chi connectivity index (χ1v) is 10.2. The topological polar surface area (TPSA) is 37.4 Å². The van der Waals surface area contributed by atoms with E-state index >= 15 is 0 Å². The van der Waals surface area contributed by atoms with Crippen molar-refractivity contribution in [3.63, 3.8) is 0 Å². The van der Waals surface area contributed by atoms with Gasteiger partial charge in [0.2, 0.25) is 10.0 Å². The molecule has 0 radical (unpaired) electrons. The van der Waals surface area contributed by atoms with Crippen LogP contribution in [0.4, 0.5) is 0 Å². The molecule has 0 bridgehead atoms. The predicted octanol–water partition coefficient (Wildman–Crippen LogP) is 4.46. The van der Waals surface area contributed by atoms with Crippen molar-refractivity contribution < 1.29 is 8.42 Å². The maximum Gasteiger partial charge on any atom is 0.243 e. The molecule has 1 aliphatic heterocycles. The number of halogens is 1. The quantitative estimate of drug-likeness (QED) is 0.804. The van der Waals surface area contributed by atoms with Crippen LogP contribution < -0.4 is 0 Å². The maximum absolute atomic E-state index is 13.1. The van der Waals surface area contributed by atoms with Crippen molar-refractivity contribution in [1.82, 2.24) is 4.31 Å². The first-order chi connectivity index (χ1) is 11.0. The van der Waals surface area contributed by atoms with Crippen LogP contribution in [0.15, 0.2) is 40.3 Å². The Labute approximate surface area is 144 Å². The summed E-state index contributed by atoms with van der Waals surface area (Å²) in [5, 5.41) is 0.802. The summed E-state index contributed by atoms with van der Waals surface area (Å²) in [6, 6.07) is 7.04. The summed E-state index contributed by atoms with van der Waals surface area (Å²) < 4.78 is 27.9. The highest BCUT2D eigenvalue weighted by Crippen LogP contribution is 2.36. The molecule has 0 spiro atoms. The zero-order valence-corrected chi connectivity index (χ0v) is 15.1. The van der Waals surface area contributed by atoms with Crippen LogP contribution in [-0.2, 0) is 10.0 Å². The van der Waals surface area contributed by atoms with Crippen LogP contribution in [0.25, 0.3) is 0 Å². The van der Waals surface area contributed by atoms with E-state index in [1.165, 1.54) is 19.3 Å². The lowest BCUT2D eigenvalue weighted by Crippen LogP contribution is -2.46. The van der Waals surface area contributed by atoms with E-state index in [-0.39, 0.29) is 6.04 Å². The molecular formula is C18H24ClNO2S. The van der Waals surface area contributed by atoms with Crippen LogP contribution in [0.1, 0.15) is 44.1 Å². The number of hydrogen-bond acceptors (Lipinski definition) is 2. The van der Waals surface area contributed by atoms with Gasteiger partial charge >= 0.3 is 0 Å². The molecule has 3 rings (SSSR count). The molecule has 1 aromatic rings. The number of nitrogens with zero attached hydrogens (tertiary/aromatic N) is 1. The first-order valence-electron chi connectivity index (χ1n) is 8.43. The van der Waals surface area contributed by atoms with E-state index in [4.69, 9.17) is 11.6 Å². The fraction of sp³-hybridized carbons (Fsp3) is 0.556. The number of hydrogen-bond donors (Lipinski definition) is 0. The lowest BCUT2D eigenvalue weighted by molar-refractivity contribution is 0.220. The number of benzene rings is 1. The van der Waals surface area contributed by atoms with Crippen LogP contribution in [0, 0.1) is 12.8 Å². The highest BCUT2D eigenvalue weighted by atomic mass is 35.5. The summed E-state index contributed by atoms with van der Waals surface area (Å²) in [5.41, 5.74) is 1.06. The van der Waals surface area contributed by atoms with Crippen molar-refractivity contribution in [3.05, 3.63) is 40.9 Å². The van der Waals surface area contributed by atoms with Crippen molar-refractivity contribution in [2.24, 2.45) is 5.92 Å². The molecule has 3 nitrogen and oxygen atoms in total. The minimum Gasteiger partial charge on any atom is -0.207 e. The molecular weight excluding hydrogens is 330 g/mol. The second-order valence-corrected chi connectivity index (χ2v) is 9.06. The van der Waals surface area contributed by atoms with Crippen molar-refractivity contribution >= 4 is 21.6 Å². The number of rotatable bonds is 3. The van der Waals surface area contributed by atoms with E-state index in [1.807, 2.05) is 25.1 Å². The molecule has 1 atom stereocenters. The minimum absolute atomic E-state index is 0.0946. The van der Waals surface area contributed by atoms with Crippen molar-refractivity contribution in [3.8, 4) is 0 Å². The van der Waals surface area contributed by atoms with Crippen LogP contribution in [0.3, 0.4) is 0 Å². The third-order valence-electron chi connectivity index (χ3n) is 5.02. The second-order valence-electron chi connectivity index (χ2n) is 6.68. The molecule has 0 saturated heterocycles. The lowest BCUT2D eigenvalue weighted by Gasteiger charge is -2.38. The third-order valence-corrected chi connectivity index (χ3v) is 7.24. The smallest absolute Gasteiger partial charge is 0.207 e. The highest BCUT2D eigenvalue weighted by Gasteiger charge is 2.37. The average molecular weight is 354 g/mol. The SMILES string of the molecule is Cc1ccc(S(=O)(=O)N2CCC(Cl)=C[C@H]2C2CCCCC2)cc1. The van der Waals surface area contributed by atoms with E-state index < -0.39 is 10.0 Å². The number of sulfonamides is 1. The normalized spacial score (nSPS) is 24.4. The molecule has 2 aliphatic rings. The molecule has 0 N–H and O–H groups in total. The van der Waals surface area contributed by atoms with Gasteiger partial charge in [-0.2, -0.15) is 4.31 Å². The Bertz CT molecular complexity index is 675. The Morgan fingerprint density at radius 3 is 2.39 bits per heavy atom. The molecule has 0 unspecified atom stereocenters. The summed E-state index contributed by atoms with van der Waals surface area (Å²) in [6.45, 7) is 2.44. The van der Waals surface area contributed by atoms with Gasteiger partial charge in [-0.25, -0.2) is 8.42 Å². The van der Waals surface area contributed by atoms with E-state index in [0.717, 1.165) is 23.4 Å². The maximum atomic E-state index is 13.1. The zero-order chi connectivity index (χ0) is 16.4. The summed E-state index contributed by atoms with van der Waals surface area (Å²) in [5.74, 6) is 0.387. The molecule has 1 aromatic carbocycles. The van der Waals surface area contributed by atoms with E-state index in [2.05, 4.69) is 0 Å². The summed E-state index contributed by atoms with van der Waals surface area (Å²) >= 11 is 6.25. The minimum atomic E-state index is -3.47. The van der Waals surface area contributed by atoms with Crippen LogP contribution >= 0.6 is 11.6 Å². The van der Waals surface area contributed by atoms with E-state index in [1.54, 1.807) is 16.4 Å². The molecule has 1 saturated carbocycles. The van der Waals surface area contributed by atoms with Gasteiger partial charge in [-0.05, 0) is 44.2 Å². The van der Waals surface area contributed by atoms with Gasteiger partial charge in [-0.3, -0.25) is 0 Å². The lowest BCUT2D eigenvalue weighted by atomic mass is 9.83. The Morgan fingerprint density at radius 2 is 1.74 bits per heavy atom.